The molecule has 0 spiro atoms. The lowest BCUT2D eigenvalue weighted by atomic mass is 10.00. The van der Waals surface area contributed by atoms with E-state index in [4.69, 9.17) is 14.2 Å². The maximum Gasteiger partial charge on any atom is 0.306 e. The normalized spacial score (nSPS) is 12.5. The first-order chi connectivity index (χ1) is 27.8. The van der Waals surface area contributed by atoms with Crippen LogP contribution in [0.25, 0.3) is 0 Å². The Kier molecular flexibility index (Phi) is 42.7. The molecule has 0 rings (SSSR count). The van der Waals surface area contributed by atoms with E-state index in [1.54, 1.807) is 0 Å². The second-order valence-electron chi connectivity index (χ2n) is 18.2. The monoisotopic (exact) mass is 807 g/mol. The molecule has 0 aromatic rings. The predicted molar refractivity (Wildman–Crippen MR) is 243 cm³/mol. The molecule has 0 heterocycles. The molecule has 0 aliphatic carbocycles. The zero-order valence-corrected chi connectivity index (χ0v) is 39.0. The van der Waals surface area contributed by atoms with Crippen molar-refractivity contribution in [3.8, 4) is 0 Å². The standard InChI is InChI=1S/C51H98O6/c1-6-8-9-10-11-12-13-14-15-16-19-23-26-33-38-43-51(54)57-48(45-56-50(53)42-37-32-28-27-30-35-40-47(5)7-2)44-55-49(52)41-36-31-25-22-20-17-18-21-24-29-34-39-46(3)4/h46-48H,6-45H2,1-5H3/t47?,48-/m1/s1. The first kappa shape index (κ1) is 55.4. The molecule has 0 aliphatic rings. The number of carbonyl (C=O) groups excluding carboxylic acids is 3. The van der Waals surface area contributed by atoms with E-state index in [-0.39, 0.29) is 31.1 Å². The Morgan fingerprint density at radius 2 is 0.667 bits per heavy atom. The second kappa shape index (κ2) is 44.0. The zero-order chi connectivity index (χ0) is 41.9. The van der Waals surface area contributed by atoms with Gasteiger partial charge in [0.1, 0.15) is 13.2 Å². The van der Waals surface area contributed by atoms with Gasteiger partial charge in [-0.25, -0.2) is 0 Å². The van der Waals surface area contributed by atoms with Gasteiger partial charge in [-0.1, -0.05) is 240 Å². The predicted octanol–water partition coefficient (Wildman–Crippen LogP) is 16.1. The van der Waals surface area contributed by atoms with Crippen molar-refractivity contribution < 1.29 is 28.6 Å². The molecule has 0 fully saturated rings. The molecule has 1 unspecified atom stereocenters. The third-order valence-electron chi connectivity index (χ3n) is 11.8. The highest BCUT2D eigenvalue weighted by Gasteiger charge is 2.19. The highest BCUT2D eigenvalue weighted by molar-refractivity contribution is 5.71. The molecule has 0 aliphatic heterocycles. The van der Waals surface area contributed by atoms with Gasteiger partial charge in [0.25, 0.3) is 0 Å². The van der Waals surface area contributed by atoms with Crippen molar-refractivity contribution in [2.45, 2.75) is 285 Å². The van der Waals surface area contributed by atoms with Crippen LogP contribution in [0.1, 0.15) is 279 Å². The largest absolute Gasteiger partial charge is 0.462 e. The van der Waals surface area contributed by atoms with E-state index in [0.29, 0.717) is 19.3 Å². The minimum Gasteiger partial charge on any atom is -0.462 e. The van der Waals surface area contributed by atoms with Crippen molar-refractivity contribution in [3.63, 3.8) is 0 Å². The van der Waals surface area contributed by atoms with E-state index in [1.807, 2.05) is 0 Å². The number of unbranched alkanes of at least 4 members (excludes halogenated alkanes) is 29. The Morgan fingerprint density at radius 1 is 0.368 bits per heavy atom. The fraction of sp³-hybridized carbons (Fsp3) is 0.941. The molecule has 0 N–H and O–H groups in total. The molecule has 0 amide bonds. The fourth-order valence-corrected chi connectivity index (χ4v) is 7.60. The highest BCUT2D eigenvalue weighted by atomic mass is 16.6. The van der Waals surface area contributed by atoms with Crippen molar-refractivity contribution >= 4 is 17.9 Å². The van der Waals surface area contributed by atoms with Crippen molar-refractivity contribution in [3.05, 3.63) is 0 Å². The van der Waals surface area contributed by atoms with Gasteiger partial charge in [0.05, 0.1) is 0 Å². The van der Waals surface area contributed by atoms with Crippen LogP contribution in [0.3, 0.4) is 0 Å². The molecule has 6 nitrogen and oxygen atoms in total. The highest BCUT2D eigenvalue weighted by Crippen LogP contribution is 2.17. The van der Waals surface area contributed by atoms with Crippen LogP contribution in [0.15, 0.2) is 0 Å². The number of hydrogen-bond donors (Lipinski definition) is 0. The van der Waals surface area contributed by atoms with E-state index in [0.717, 1.165) is 69.6 Å². The Labute approximate surface area is 355 Å². The summed E-state index contributed by atoms with van der Waals surface area (Å²) in [4.78, 5) is 37.9. The summed E-state index contributed by atoms with van der Waals surface area (Å²) in [6.45, 7) is 11.3. The van der Waals surface area contributed by atoms with Gasteiger partial charge < -0.3 is 14.2 Å². The van der Waals surface area contributed by atoms with Gasteiger partial charge in [0, 0.05) is 19.3 Å². The first-order valence-corrected chi connectivity index (χ1v) is 25.3. The third-order valence-corrected chi connectivity index (χ3v) is 11.8. The third kappa shape index (κ3) is 43.8. The van der Waals surface area contributed by atoms with Crippen LogP contribution in [-0.4, -0.2) is 37.2 Å². The van der Waals surface area contributed by atoms with E-state index in [1.165, 1.54) is 167 Å². The molecular weight excluding hydrogens is 709 g/mol. The van der Waals surface area contributed by atoms with Gasteiger partial charge in [0.15, 0.2) is 6.10 Å². The molecule has 57 heavy (non-hydrogen) atoms. The van der Waals surface area contributed by atoms with Gasteiger partial charge in [-0.3, -0.25) is 14.4 Å². The summed E-state index contributed by atoms with van der Waals surface area (Å²) in [6.07, 6.45) is 43.7. The quantitative estimate of drug-likeness (QED) is 0.0346. The number of carbonyl (C=O) groups is 3. The lowest BCUT2D eigenvalue weighted by Gasteiger charge is -2.18. The molecule has 0 aromatic heterocycles. The van der Waals surface area contributed by atoms with Gasteiger partial charge in [-0.15, -0.1) is 0 Å². The van der Waals surface area contributed by atoms with Crippen molar-refractivity contribution in [1.29, 1.82) is 0 Å². The summed E-state index contributed by atoms with van der Waals surface area (Å²) < 4.78 is 16.8. The summed E-state index contributed by atoms with van der Waals surface area (Å²) >= 11 is 0. The number of rotatable bonds is 45. The van der Waals surface area contributed by atoms with Crippen molar-refractivity contribution in [2.24, 2.45) is 11.8 Å². The van der Waals surface area contributed by atoms with E-state index >= 15 is 0 Å². The topological polar surface area (TPSA) is 78.9 Å². The summed E-state index contributed by atoms with van der Waals surface area (Å²) in [7, 11) is 0. The smallest absolute Gasteiger partial charge is 0.306 e. The molecule has 0 radical (unpaired) electrons. The summed E-state index contributed by atoms with van der Waals surface area (Å²) in [5.41, 5.74) is 0. The summed E-state index contributed by atoms with van der Waals surface area (Å²) in [5, 5.41) is 0. The molecule has 0 bridgehead atoms. The molecule has 0 saturated carbocycles. The molecule has 0 aromatic carbocycles. The van der Waals surface area contributed by atoms with Crippen LogP contribution in [0.2, 0.25) is 0 Å². The average molecular weight is 807 g/mol. The van der Waals surface area contributed by atoms with E-state index < -0.39 is 6.10 Å². The number of esters is 3. The van der Waals surface area contributed by atoms with Crippen molar-refractivity contribution in [1.82, 2.24) is 0 Å². The SMILES string of the molecule is CCCCCCCCCCCCCCCCCC(=O)O[C@H](COC(=O)CCCCCCCCCCCCCC(C)C)COC(=O)CCCCCCCCC(C)CC. The van der Waals surface area contributed by atoms with Gasteiger partial charge in [-0.2, -0.15) is 0 Å². The van der Waals surface area contributed by atoms with Crippen molar-refractivity contribution in [2.75, 3.05) is 13.2 Å². The van der Waals surface area contributed by atoms with Crippen LogP contribution in [0, 0.1) is 11.8 Å². The average Bonchev–Trinajstić information content (AvgIpc) is 3.19. The molecule has 6 heteroatoms. The molecule has 2 atom stereocenters. The Balaban J connectivity index is 4.31. The molecular formula is C51H98O6. The lowest BCUT2D eigenvalue weighted by Crippen LogP contribution is -2.30. The van der Waals surface area contributed by atoms with Crippen LogP contribution in [0.5, 0.6) is 0 Å². The summed E-state index contributed by atoms with van der Waals surface area (Å²) in [5.74, 6) is 0.788. The Bertz CT molecular complexity index is 872. The zero-order valence-electron chi connectivity index (χ0n) is 39.0. The Hall–Kier alpha value is -1.59. The van der Waals surface area contributed by atoms with Crippen LogP contribution >= 0.6 is 0 Å². The van der Waals surface area contributed by atoms with E-state index in [2.05, 4.69) is 34.6 Å². The Morgan fingerprint density at radius 3 is 1.00 bits per heavy atom. The van der Waals surface area contributed by atoms with Gasteiger partial charge >= 0.3 is 17.9 Å². The maximum atomic E-state index is 12.8. The van der Waals surface area contributed by atoms with Gasteiger partial charge in [0.2, 0.25) is 0 Å². The number of hydrogen-bond acceptors (Lipinski definition) is 6. The van der Waals surface area contributed by atoms with Crippen LogP contribution < -0.4 is 0 Å². The molecule has 338 valence electrons. The van der Waals surface area contributed by atoms with E-state index in [9.17, 15) is 14.4 Å². The fourth-order valence-electron chi connectivity index (χ4n) is 7.60. The number of ether oxygens (including phenoxy) is 3. The van der Waals surface area contributed by atoms with Crippen LogP contribution in [0.4, 0.5) is 0 Å². The lowest BCUT2D eigenvalue weighted by molar-refractivity contribution is -0.167. The minimum atomic E-state index is -0.762. The first-order valence-electron chi connectivity index (χ1n) is 25.3. The second-order valence-corrected chi connectivity index (χ2v) is 18.2. The molecule has 0 saturated heterocycles. The summed E-state index contributed by atoms with van der Waals surface area (Å²) in [6, 6.07) is 0. The van der Waals surface area contributed by atoms with Crippen LogP contribution in [-0.2, 0) is 28.6 Å². The minimum absolute atomic E-state index is 0.0647. The maximum absolute atomic E-state index is 12.8. The van der Waals surface area contributed by atoms with Gasteiger partial charge in [-0.05, 0) is 31.1 Å².